The summed E-state index contributed by atoms with van der Waals surface area (Å²) in [6.07, 6.45) is 3.90. The van der Waals surface area contributed by atoms with Gasteiger partial charge in [-0.25, -0.2) is 0 Å². The Morgan fingerprint density at radius 2 is 2.21 bits per heavy atom. The van der Waals surface area contributed by atoms with E-state index >= 15 is 0 Å². The molecule has 7 heteroatoms. The molecule has 144 valence electrons. The number of ether oxygens (including phenoxy) is 1. The molecule has 7 nitrogen and oxygen atoms in total. The summed E-state index contributed by atoms with van der Waals surface area (Å²) in [5.74, 6) is 1.99. The number of hydrogen-bond donors (Lipinski definition) is 0. The van der Waals surface area contributed by atoms with Crippen LogP contribution in [-0.4, -0.2) is 46.1 Å². The van der Waals surface area contributed by atoms with Gasteiger partial charge in [0.05, 0.1) is 13.5 Å². The molecule has 0 bridgehead atoms. The molecule has 1 fully saturated rings. The van der Waals surface area contributed by atoms with Gasteiger partial charge in [-0.15, -0.1) is 0 Å². The Hall–Kier alpha value is -3.22. The van der Waals surface area contributed by atoms with Gasteiger partial charge >= 0.3 is 0 Å². The normalized spacial score (nSPS) is 16.8. The number of amides is 1. The highest BCUT2D eigenvalue weighted by Crippen LogP contribution is 2.27. The largest absolute Gasteiger partial charge is 0.497 e. The molecule has 0 aliphatic carbocycles. The van der Waals surface area contributed by atoms with Crippen LogP contribution in [0.25, 0.3) is 11.6 Å². The highest BCUT2D eigenvalue weighted by Gasteiger charge is 2.28. The van der Waals surface area contributed by atoms with Crippen molar-refractivity contribution in [2.24, 2.45) is 0 Å². The fraction of sp³-hybridized carbons (Fsp3) is 0.333. The number of piperidine rings is 1. The van der Waals surface area contributed by atoms with Crippen LogP contribution in [0.3, 0.4) is 0 Å². The molecule has 3 heterocycles. The van der Waals surface area contributed by atoms with Crippen molar-refractivity contribution in [3.05, 3.63) is 60.0 Å². The van der Waals surface area contributed by atoms with E-state index < -0.39 is 0 Å². The van der Waals surface area contributed by atoms with Crippen LogP contribution in [0.15, 0.2) is 53.2 Å². The van der Waals surface area contributed by atoms with Crippen LogP contribution in [-0.2, 0) is 11.2 Å². The molecule has 28 heavy (non-hydrogen) atoms. The van der Waals surface area contributed by atoms with Gasteiger partial charge in [0.15, 0.2) is 5.82 Å². The van der Waals surface area contributed by atoms with Gasteiger partial charge in [-0.05, 0) is 42.7 Å². The molecule has 1 amide bonds. The Kier molecular flexibility index (Phi) is 5.32. The van der Waals surface area contributed by atoms with E-state index in [9.17, 15) is 4.79 Å². The second-order valence-corrected chi connectivity index (χ2v) is 6.88. The van der Waals surface area contributed by atoms with Gasteiger partial charge in [0.1, 0.15) is 11.4 Å². The molecule has 2 aromatic heterocycles. The molecule has 0 radical (unpaired) electrons. The van der Waals surface area contributed by atoms with Gasteiger partial charge in [-0.1, -0.05) is 23.4 Å². The lowest BCUT2D eigenvalue weighted by molar-refractivity contribution is -0.131. The Labute approximate surface area is 163 Å². The van der Waals surface area contributed by atoms with E-state index in [1.807, 2.05) is 47.4 Å². The quantitative estimate of drug-likeness (QED) is 0.679. The average molecular weight is 378 g/mol. The predicted octanol–water partition coefficient (Wildman–Crippen LogP) is 3.09. The molecule has 1 aromatic carbocycles. The van der Waals surface area contributed by atoms with E-state index in [-0.39, 0.29) is 11.8 Å². The third-order valence-electron chi connectivity index (χ3n) is 4.95. The van der Waals surface area contributed by atoms with Gasteiger partial charge < -0.3 is 14.2 Å². The zero-order chi connectivity index (χ0) is 19.3. The number of nitrogens with zero attached hydrogens (tertiary/aromatic N) is 4. The lowest BCUT2D eigenvalue weighted by atomic mass is 9.96. The zero-order valence-electron chi connectivity index (χ0n) is 15.7. The summed E-state index contributed by atoms with van der Waals surface area (Å²) in [4.78, 5) is 23.4. The van der Waals surface area contributed by atoms with Crippen LogP contribution in [0, 0.1) is 0 Å². The van der Waals surface area contributed by atoms with Crippen molar-refractivity contribution in [1.82, 2.24) is 20.0 Å². The first-order chi connectivity index (χ1) is 13.7. The van der Waals surface area contributed by atoms with Crippen LogP contribution in [0.2, 0.25) is 0 Å². The number of benzene rings is 1. The summed E-state index contributed by atoms with van der Waals surface area (Å²) in [5.41, 5.74) is 1.60. The molecule has 3 aromatic rings. The summed E-state index contributed by atoms with van der Waals surface area (Å²) in [5, 5.41) is 4.14. The maximum absolute atomic E-state index is 12.8. The lowest BCUT2D eigenvalue weighted by Crippen LogP contribution is -2.40. The van der Waals surface area contributed by atoms with Crippen LogP contribution >= 0.6 is 0 Å². The summed E-state index contributed by atoms with van der Waals surface area (Å²) in [6, 6.07) is 13.2. The molecule has 1 atom stereocenters. The minimum atomic E-state index is 0.0734. The van der Waals surface area contributed by atoms with E-state index in [0.717, 1.165) is 30.7 Å². The van der Waals surface area contributed by atoms with Crippen molar-refractivity contribution in [2.75, 3.05) is 20.2 Å². The molecule has 1 aliphatic heterocycles. The number of rotatable bonds is 5. The minimum absolute atomic E-state index is 0.0734. The first kappa shape index (κ1) is 18.2. The highest BCUT2D eigenvalue weighted by atomic mass is 16.5. The van der Waals surface area contributed by atoms with E-state index in [4.69, 9.17) is 9.26 Å². The van der Waals surface area contributed by atoms with Crippen molar-refractivity contribution >= 4 is 5.91 Å². The molecule has 0 saturated carbocycles. The Balaban J connectivity index is 1.43. The fourth-order valence-electron chi connectivity index (χ4n) is 3.48. The zero-order valence-corrected chi connectivity index (χ0v) is 15.7. The van der Waals surface area contributed by atoms with Crippen LogP contribution in [0.5, 0.6) is 5.75 Å². The third kappa shape index (κ3) is 4.03. The number of aromatic nitrogens is 3. The molecule has 0 unspecified atom stereocenters. The number of likely N-dealkylation sites (tertiary alicyclic amines) is 1. The number of carbonyl (C=O) groups excluding carboxylic acids is 1. The molecular formula is C21H22N4O3. The third-order valence-corrected chi connectivity index (χ3v) is 4.95. The fourth-order valence-corrected chi connectivity index (χ4v) is 3.48. The topological polar surface area (TPSA) is 81.4 Å². The maximum atomic E-state index is 12.8. The van der Waals surface area contributed by atoms with Gasteiger partial charge in [0.2, 0.25) is 5.91 Å². The lowest BCUT2D eigenvalue weighted by Gasteiger charge is -2.31. The summed E-state index contributed by atoms with van der Waals surface area (Å²) in [7, 11) is 1.63. The smallest absolute Gasteiger partial charge is 0.276 e. The van der Waals surface area contributed by atoms with Crippen molar-refractivity contribution in [3.8, 4) is 17.3 Å². The Morgan fingerprint density at radius 1 is 1.29 bits per heavy atom. The second-order valence-electron chi connectivity index (χ2n) is 6.88. The molecule has 4 rings (SSSR count). The van der Waals surface area contributed by atoms with Crippen LogP contribution in [0.4, 0.5) is 0 Å². The van der Waals surface area contributed by atoms with Crippen molar-refractivity contribution < 1.29 is 14.1 Å². The second kappa shape index (κ2) is 8.21. The van der Waals surface area contributed by atoms with Crippen molar-refractivity contribution in [2.45, 2.75) is 25.2 Å². The van der Waals surface area contributed by atoms with Crippen molar-refractivity contribution in [1.29, 1.82) is 0 Å². The molecular weight excluding hydrogens is 356 g/mol. The van der Waals surface area contributed by atoms with Gasteiger partial charge in [-0.2, -0.15) is 4.98 Å². The first-order valence-corrected chi connectivity index (χ1v) is 9.38. The van der Waals surface area contributed by atoms with E-state index in [0.29, 0.717) is 30.4 Å². The number of carbonyl (C=O) groups is 1. The van der Waals surface area contributed by atoms with E-state index in [1.54, 1.807) is 13.3 Å². The number of methoxy groups -OCH3 is 1. The predicted molar refractivity (Wildman–Crippen MR) is 103 cm³/mol. The SMILES string of the molecule is COc1cccc(CC(=O)N2CCC[C@@H](c3noc(-c4ccccn4)n3)C2)c1. The minimum Gasteiger partial charge on any atom is -0.497 e. The Bertz CT molecular complexity index is 942. The summed E-state index contributed by atoms with van der Waals surface area (Å²) < 4.78 is 10.6. The summed E-state index contributed by atoms with van der Waals surface area (Å²) >= 11 is 0. The van der Waals surface area contributed by atoms with Gasteiger partial charge in [0.25, 0.3) is 5.89 Å². The van der Waals surface area contributed by atoms with Gasteiger partial charge in [0, 0.05) is 25.2 Å². The van der Waals surface area contributed by atoms with E-state index in [1.165, 1.54) is 0 Å². The standard InChI is InChI=1S/C21H22N4O3/c1-27-17-8-4-6-15(12-17)13-19(26)25-11-5-7-16(14-25)20-23-21(28-24-20)18-9-2-3-10-22-18/h2-4,6,8-10,12,16H,5,7,11,13-14H2,1H3/t16-/m1/s1. The van der Waals surface area contributed by atoms with Crippen molar-refractivity contribution in [3.63, 3.8) is 0 Å². The van der Waals surface area contributed by atoms with Crippen LogP contribution in [0.1, 0.15) is 30.1 Å². The monoisotopic (exact) mass is 378 g/mol. The Morgan fingerprint density at radius 3 is 3.04 bits per heavy atom. The maximum Gasteiger partial charge on any atom is 0.276 e. The molecule has 1 aliphatic rings. The molecule has 0 spiro atoms. The molecule has 0 N–H and O–H groups in total. The average Bonchev–Trinajstić information content (AvgIpc) is 3.25. The van der Waals surface area contributed by atoms with Crippen LogP contribution < -0.4 is 4.74 Å². The van der Waals surface area contributed by atoms with E-state index in [2.05, 4.69) is 15.1 Å². The molecule has 1 saturated heterocycles. The first-order valence-electron chi connectivity index (χ1n) is 9.38. The number of hydrogen-bond acceptors (Lipinski definition) is 6. The summed E-state index contributed by atoms with van der Waals surface area (Å²) in [6.45, 7) is 1.36. The van der Waals surface area contributed by atoms with Gasteiger partial charge in [-0.3, -0.25) is 9.78 Å². The highest BCUT2D eigenvalue weighted by molar-refractivity contribution is 5.79. The number of pyridine rings is 1.